The van der Waals surface area contributed by atoms with E-state index in [0.717, 1.165) is 13.1 Å². The van der Waals surface area contributed by atoms with E-state index in [9.17, 15) is 14.7 Å². The van der Waals surface area contributed by atoms with Crippen LogP contribution in [0.4, 0.5) is 10.6 Å². The molecule has 0 aromatic carbocycles. The molecule has 2 heterocycles. The standard InChI is InChI=1S/C15H20N4O4.Li/c1-15(2,3)23-14(22)18-12-8-6-19(7-9(8)12)11-5-16-10(4-17-11)13(20)21;/h4-5,8-9,12H,6-7H2,1-3H3,(H,18,22)(H,20,21);/q;+1/p-1. The predicted octanol–water partition coefficient (Wildman–Crippen LogP) is -3.20. The number of rotatable bonds is 3. The molecule has 0 bridgehead atoms. The van der Waals surface area contributed by atoms with E-state index in [4.69, 9.17) is 4.74 Å². The third-order valence-electron chi connectivity index (χ3n) is 4.05. The molecule has 1 aliphatic heterocycles. The second-order valence-corrected chi connectivity index (χ2v) is 6.95. The van der Waals surface area contributed by atoms with Crippen LogP contribution in [0.5, 0.6) is 0 Å². The minimum atomic E-state index is -1.34. The van der Waals surface area contributed by atoms with E-state index < -0.39 is 11.6 Å². The van der Waals surface area contributed by atoms with Crippen LogP contribution in [0.1, 0.15) is 31.3 Å². The quantitative estimate of drug-likeness (QED) is 0.583. The van der Waals surface area contributed by atoms with E-state index in [2.05, 4.69) is 15.3 Å². The van der Waals surface area contributed by atoms with Gasteiger partial charge < -0.3 is 24.9 Å². The number of alkyl carbamates (subject to hydrolysis) is 1. The van der Waals surface area contributed by atoms with E-state index in [0.29, 0.717) is 17.7 Å². The van der Waals surface area contributed by atoms with Crippen molar-refractivity contribution in [1.29, 1.82) is 0 Å². The molecule has 1 aromatic rings. The summed E-state index contributed by atoms with van der Waals surface area (Å²) < 4.78 is 5.25. The van der Waals surface area contributed by atoms with Crippen molar-refractivity contribution in [1.82, 2.24) is 15.3 Å². The second-order valence-electron chi connectivity index (χ2n) is 6.95. The largest absolute Gasteiger partial charge is 1.00 e. The van der Waals surface area contributed by atoms with E-state index >= 15 is 0 Å². The summed E-state index contributed by atoms with van der Waals surface area (Å²) in [4.78, 5) is 32.4. The van der Waals surface area contributed by atoms with Crippen molar-refractivity contribution in [3.63, 3.8) is 0 Å². The molecule has 2 atom stereocenters. The monoisotopic (exact) mass is 326 g/mol. The van der Waals surface area contributed by atoms with Crippen LogP contribution in [0, 0.1) is 11.8 Å². The van der Waals surface area contributed by atoms with Crippen molar-refractivity contribution in [3.05, 3.63) is 18.1 Å². The van der Waals surface area contributed by atoms with Gasteiger partial charge in [0.2, 0.25) is 0 Å². The topological polar surface area (TPSA) is 107 Å². The minimum Gasteiger partial charge on any atom is -0.543 e. The van der Waals surface area contributed by atoms with Crippen molar-refractivity contribution >= 4 is 17.9 Å². The number of ether oxygens (including phenoxy) is 1. The first kappa shape index (κ1) is 18.6. The fraction of sp³-hybridized carbons (Fsp3) is 0.600. The van der Waals surface area contributed by atoms with Gasteiger partial charge >= 0.3 is 25.0 Å². The third-order valence-corrected chi connectivity index (χ3v) is 4.05. The number of nitrogens with one attached hydrogen (secondary N) is 1. The summed E-state index contributed by atoms with van der Waals surface area (Å²) in [6.07, 6.45) is 2.25. The molecular weight excluding hydrogens is 307 g/mol. The van der Waals surface area contributed by atoms with Crippen LogP contribution in [-0.2, 0) is 4.74 Å². The third kappa shape index (κ3) is 4.00. The summed E-state index contributed by atoms with van der Waals surface area (Å²) in [7, 11) is 0. The Morgan fingerprint density at radius 3 is 2.33 bits per heavy atom. The number of aromatic carboxylic acids is 1. The van der Waals surface area contributed by atoms with Gasteiger partial charge in [0.1, 0.15) is 17.1 Å². The Balaban J connectivity index is 0.00000208. The molecule has 124 valence electrons. The van der Waals surface area contributed by atoms with Crippen LogP contribution >= 0.6 is 0 Å². The van der Waals surface area contributed by atoms with E-state index in [1.165, 1.54) is 12.4 Å². The smallest absolute Gasteiger partial charge is 0.543 e. The molecule has 2 fully saturated rings. The Labute approximate surface area is 152 Å². The number of hydrogen-bond donors (Lipinski definition) is 1. The number of carboxylic acids is 1. The van der Waals surface area contributed by atoms with Crippen LogP contribution in [-0.4, -0.2) is 46.8 Å². The van der Waals surface area contributed by atoms with Gasteiger partial charge in [-0.2, -0.15) is 0 Å². The molecule has 0 spiro atoms. The first-order chi connectivity index (χ1) is 10.7. The van der Waals surface area contributed by atoms with Crippen molar-refractivity contribution < 1.29 is 38.3 Å². The first-order valence-electron chi connectivity index (χ1n) is 7.52. The van der Waals surface area contributed by atoms with Gasteiger partial charge in [-0.3, -0.25) is 0 Å². The van der Waals surface area contributed by atoms with Crippen LogP contribution in [0.25, 0.3) is 0 Å². The molecule has 2 unspecified atom stereocenters. The maximum absolute atomic E-state index is 11.8. The zero-order chi connectivity index (χ0) is 16.8. The van der Waals surface area contributed by atoms with Gasteiger partial charge in [0.25, 0.3) is 0 Å². The Kier molecular flexibility index (Phi) is 5.11. The second kappa shape index (κ2) is 6.61. The summed E-state index contributed by atoms with van der Waals surface area (Å²) in [5.41, 5.74) is -0.682. The number of anilines is 1. The van der Waals surface area contributed by atoms with E-state index in [1.807, 2.05) is 25.7 Å². The van der Waals surface area contributed by atoms with Crippen molar-refractivity contribution in [2.75, 3.05) is 18.0 Å². The molecule has 1 aromatic heterocycles. The van der Waals surface area contributed by atoms with Crippen molar-refractivity contribution in [2.24, 2.45) is 11.8 Å². The van der Waals surface area contributed by atoms with Crippen molar-refractivity contribution in [3.8, 4) is 0 Å². The zero-order valence-corrected chi connectivity index (χ0v) is 14.3. The Morgan fingerprint density at radius 2 is 1.88 bits per heavy atom. The number of piperidine rings is 1. The molecule has 1 aliphatic carbocycles. The minimum absolute atomic E-state index is 0. The van der Waals surface area contributed by atoms with Gasteiger partial charge in [-0.1, -0.05) is 0 Å². The van der Waals surface area contributed by atoms with Gasteiger partial charge in [-0.05, 0) is 20.8 Å². The van der Waals surface area contributed by atoms with Crippen LogP contribution in [0.15, 0.2) is 12.4 Å². The maximum Gasteiger partial charge on any atom is 1.00 e. The molecule has 3 rings (SSSR count). The summed E-state index contributed by atoms with van der Waals surface area (Å²) in [5, 5.41) is 13.6. The number of carbonyl (C=O) groups excluding carboxylic acids is 2. The first-order valence-corrected chi connectivity index (χ1v) is 7.52. The Bertz CT molecular complexity index is 619. The molecule has 1 saturated heterocycles. The van der Waals surface area contributed by atoms with Gasteiger partial charge in [-0.25, -0.2) is 14.8 Å². The molecule has 0 radical (unpaired) electrons. The number of carboxylic acid groups (broad SMARTS) is 1. The number of nitrogens with zero attached hydrogens (tertiary/aromatic N) is 3. The van der Waals surface area contributed by atoms with Gasteiger partial charge in [0.15, 0.2) is 0 Å². The number of fused-ring (bicyclic) bond motifs is 1. The number of aromatic nitrogens is 2. The summed E-state index contributed by atoms with van der Waals surface area (Å²) in [5.74, 6) is 0.0310. The summed E-state index contributed by atoms with van der Waals surface area (Å²) >= 11 is 0. The molecule has 2 aliphatic rings. The molecule has 24 heavy (non-hydrogen) atoms. The van der Waals surface area contributed by atoms with Crippen LogP contribution in [0.3, 0.4) is 0 Å². The number of amides is 1. The summed E-state index contributed by atoms with van der Waals surface area (Å²) in [6.45, 7) is 7.00. The SMILES string of the molecule is CC(C)(C)OC(=O)NC1C2CN(c3cnc(C(=O)[O-])cn3)CC21.[Li+]. The number of carbonyl (C=O) groups is 2. The fourth-order valence-corrected chi connectivity index (χ4v) is 2.96. The Morgan fingerprint density at radius 1 is 1.25 bits per heavy atom. The van der Waals surface area contributed by atoms with Crippen LogP contribution in [0.2, 0.25) is 0 Å². The average molecular weight is 326 g/mol. The normalized spacial score (nSPS) is 24.6. The van der Waals surface area contributed by atoms with Gasteiger partial charge in [-0.15, -0.1) is 0 Å². The van der Waals surface area contributed by atoms with E-state index in [-0.39, 0.29) is 36.7 Å². The summed E-state index contributed by atoms with van der Waals surface area (Å²) in [6, 6.07) is 0.136. The molecule has 9 heteroatoms. The average Bonchev–Trinajstić information content (AvgIpc) is 2.90. The Hall–Kier alpha value is -1.78. The molecule has 1 N–H and O–H groups in total. The fourth-order valence-electron chi connectivity index (χ4n) is 2.96. The predicted molar refractivity (Wildman–Crippen MR) is 78.7 cm³/mol. The maximum atomic E-state index is 11.8. The van der Waals surface area contributed by atoms with Gasteiger partial charge in [0.05, 0.1) is 18.4 Å². The van der Waals surface area contributed by atoms with E-state index in [1.54, 1.807) is 0 Å². The van der Waals surface area contributed by atoms with Crippen LogP contribution < -0.4 is 34.2 Å². The van der Waals surface area contributed by atoms with Crippen molar-refractivity contribution in [2.45, 2.75) is 32.4 Å². The number of hydrogen-bond acceptors (Lipinski definition) is 7. The molecule has 1 saturated carbocycles. The van der Waals surface area contributed by atoms with Gasteiger partial charge in [0, 0.05) is 31.0 Å². The zero-order valence-electron chi connectivity index (χ0n) is 14.3. The molecule has 1 amide bonds. The molecular formula is C15H19LiN4O4. The molecule has 8 nitrogen and oxygen atoms in total.